The summed E-state index contributed by atoms with van der Waals surface area (Å²) in [6, 6.07) is 29.6. The summed E-state index contributed by atoms with van der Waals surface area (Å²) in [5.41, 5.74) is 6.90. The van der Waals surface area contributed by atoms with Crippen LogP contribution in [-0.2, 0) is 0 Å². The van der Waals surface area contributed by atoms with Crippen molar-refractivity contribution in [2.75, 3.05) is 0 Å². The van der Waals surface area contributed by atoms with E-state index in [1.807, 2.05) is 19.1 Å². The highest BCUT2D eigenvalue weighted by Crippen LogP contribution is 2.29. The van der Waals surface area contributed by atoms with Gasteiger partial charge in [0.25, 0.3) is 0 Å². The number of aryl methyl sites for hydroxylation is 1. The summed E-state index contributed by atoms with van der Waals surface area (Å²) in [4.78, 5) is 8.71. The molecule has 2 heteroatoms. The van der Waals surface area contributed by atoms with Crippen LogP contribution in [0.4, 0.5) is 0 Å². The molecule has 0 aliphatic carbocycles. The van der Waals surface area contributed by atoms with Crippen LogP contribution in [0.15, 0.2) is 91.1 Å². The van der Waals surface area contributed by atoms with E-state index < -0.39 is 0 Å². The van der Waals surface area contributed by atoms with E-state index in [0.717, 1.165) is 17.1 Å². The number of benzene rings is 3. The van der Waals surface area contributed by atoms with Gasteiger partial charge in [0, 0.05) is 11.8 Å². The van der Waals surface area contributed by atoms with Crippen molar-refractivity contribution in [3.63, 3.8) is 0 Å². The summed E-state index contributed by atoms with van der Waals surface area (Å²) in [6.45, 7) is 1.91. The molecule has 0 unspecified atom stereocenters. The number of aromatic nitrogens is 2. The zero-order valence-corrected chi connectivity index (χ0v) is 14.1. The van der Waals surface area contributed by atoms with Crippen LogP contribution in [-0.4, -0.2) is 9.97 Å². The quantitative estimate of drug-likeness (QED) is 0.477. The van der Waals surface area contributed by atoms with Crippen molar-refractivity contribution in [3.8, 4) is 33.5 Å². The van der Waals surface area contributed by atoms with Gasteiger partial charge in [-0.05, 0) is 47.4 Å². The lowest BCUT2D eigenvalue weighted by atomic mass is 9.97. The molecule has 0 atom stereocenters. The van der Waals surface area contributed by atoms with Gasteiger partial charge in [-0.1, -0.05) is 66.7 Å². The molecule has 25 heavy (non-hydrogen) atoms. The predicted octanol–water partition coefficient (Wildman–Crippen LogP) is 5.79. The molecule has 0 aliphatic heterocycles. The van der Waals surface area contributed by atoms with Crippen LogP contribution < -0.4 is 0 Å². The van der Waals surface area contributed by atoms with E-state index in [-0.39, 0.29) is 0 Å². The van der Waals surface area contributed by atoms with Crippen LogP contribution in [0, 0.1) is 6.92 Å². The van der Waals surface area contributed by atoms with E-state index in [0.29, 0.717) is 0 Å². The number of hydrogen-bond acceptors (Lipinski definition) is 2. The molecular formula is C23H18N2. The lowest BCUT2D eigenvalue weighted by Gasteiger charge is -2.08. The third-order valence-electron chi connectivity index (χ3n) is 4.24. The van der Waals surface area contributed by atoms with Crippen LogP contribution in [0.2, 0.25) is 0 Å². The zero-order valence-electron chi connectivity index (χ0n) is 14.1. The summed E-state index contributed by atoms with van der Waals surface area (Å²) in [5, 5.41) is 0. The Morgan fingerprint density at radius 1 is 0.560 bits per heavy atom. The van der Waals surface area contributed by atoms with Gasteiger partial charge in [0.2, 0.25) is 0 Å². The molecule has 1 heterocycles. The minimum absolute atomic E-state index is 0.786. The zero-order chi connectivity index (χ0) is 17.1. The third-order valence-corrected chi connectivity index (χ3v) is 4.24. The normalized spacial score (nSPS) is 10.6. The minimum atomic E-state index is 0.786. The highest BCUT2D eigenvalue weighted by Gasteiger charge is 2.05. The summed E-state index contributed by atoms with van der Waals surface area (Å²) in [7, 11) is 0. The van der Waals surface area contributed by atoms with E-state index in [9.17, 15) is 0 Å². The van der Waals surface area contributed by atoms with Gasteiger partial charge in [-0.15, -0.1) is 0 Å². The first-order chi connectivity index (χ1) is 12.3. The molecule has 0 spiro atoms. The second-order valence-electron chi connectivity index (χ2n) is 6.02. The Kier molecular flexibility index (Phi) is 4.09. The second kappa shape index (κ2) is 6.70. The topological polar surface area (TPSA) is 25.8 Å². The molecule has 0 saturated carbocycles. The molecule has 4 rings (SSSR count). The number of hydrogen-bond donors (Lipinski definition) is 0. The van der Waals surface area contributed by atoms with Crippen LogP contribution >= 0.6 is 0 Å². The molecule has 2 nitrogen and oxygen atoms in total. The van der Waals surface area contributed by atoms with Crippen molar-refractivity contribution in [3.05, 3.63) is 97.0 Å². The molecule has 3 aromatic carbocycles. The van der Waals surface area contributed by atoms with E-state index in [1.54, 1.807) is 6.20 Å². The molecule has 0 radical (unpaired) electrons. The fourth-order valence-electron chi connectivity index (χ4n) is 2.98. The van der Waals surface area contributed by atoms with Crippen molar-refractivity contribution in [2.24, 2.45) is 0 Å². The molecule has 0 fully saturated rings. The molecule has 0 amide bonds. The third kappa shape index (κ3) is 3.33. The average molecular weight is 322 g/mol. The van der Waals surface area contributed by atoms with E-state index >= 15 is 0 Å². The summed E-state index contributed by atoms with van der Waals surface area (Å²) in [6.07, 6.45) is 1.81. The second-order valence-corrected chi connectivity index (χ2v) is 6.02. The Morgan fingerprint density at radius 2 is 1.12 bits per heavy atom. The largest absolute Gasteiger partial charge is 0.242 e. The van der Waals surface area contributed by atoms with Crippen LogP contribution in [0.25, 0.3) is 33.5 Å². The maximum Gasteiger partial charge on any atom is 0.125 e. The lowest BCUT2D eigenvalue weighted by molar-refractivity contribution is 1.06. The molecule has 0 saturated heterocycles. The minimum Gasteiger partial charge on any atom is -0.242 e. The number of rotatable bonds is 3. The van der Waals surface area contributed by atoms with E-state index in [2.05, 4.69) is 82.8 Å². The van der Waals surface area contributed by atoms with Gasteiger partial charge in [-0.25, -0.2) is 9.97 Å². The molecule has 0 N–H and O–H groups in total. The fraction of sp³-hybridized carbons (Fsp3) is 0.0435. The maximum absolute atomic E-state index is 4.53. The van der Waals surface area contributed by atoms with Gasteiger partial charge < -0.3 is 0 Å². The van der Waals surface area contributed by atoms with Crippen molar-refractivity contribution in [2.45, 2.75) is 6.92 Å². The highest BCUT2D eigenvalue weighted by molar-refractivity contribution is 5.76. The average Bonchev–Trinajstić information content (AvgIpc) is 2.69. The van der Waals surface area contributed by atoms with Gasteiger partial charge in [0.05, 0.1) is 5.69 Å². The van der Waals surface area contributed by atoms with Crippen molar-refractivity contribution < 1.29 is 0 Å². The van der Waals surface area contributed by atoms with Crippen LogP contribution in [0.1, 0.15) is 5.82 Å². The number of nitrogens with zero attached hydrogens (tertiary/aromatic N) is 2. The fourth-order valence-corrected chi connectivity index (χ4v) is 2.98. The van der Waals surface area contributed by atoms with Gasteiger partial charge >= 0.3 is 0 Å². The van der Waals surface area contributed by atoms with Gasteiger partial charge in [-0.3, -0.25) is 0 Å². The maximum atomic E-state index is 4.53. The first kappa shape index (κ1) is 15.3. The Bertz CT molecular complexity index is 1010. The van der Waals surface area contributed by atoms with E-state index in [4.69, 9.17) is 0 Å². The smallest absolute Gasteiger partial charge is 0.125 e. The molecule has 1 aromatic heterocycles. The monoisotopic (exact) mass is 322 g/mol. The summed E-state index contributed by atoms with van der Waals surface area (Å²) < 4.78 is 0. The molecule has 4 aromatic rings. The summed E-state index contributed by atoms with van der Waals surface area (Å²) >= 11 is 0. The Labute approximate surface area is 147 Å². The molecule has 0 aliphatic rings. The Balaban J connectivity index is 1.75. The first-order valence-electron chi connectivity index (χ1n) is 8.35. The van der Waals surface area contributed by atoms with Crippen LogP contribution in [0.5, 0.6) is 0 Å². The molecular weight excluding hydrogens is 304 g/mol. The summed E-state index contributed by atoms with van der Waals surface area (Å²) in [5.74, 6) is 0.786. The van der Waals surface area contributed by atoms with Gasteiger partial charge in [-0.2, -0.15) is 0 Å². The van der Waals surface area contributed by atoms with Crippen LogP contribution in [0.3, 0.4) is 0 Å². The highest BCUT2D eigenvalue weighted by atomic mass is 14.9. The first-order valence-corrected chi connectivity index (χ1v) is 8.35. The Hall–Kier alpha value is -3.26. The van der Waals surface area contributed by atoms with Gasteiger partial charge in [0.1, 0.15) is 5.82 Å². The van der Waals surface area contributed by atoms with Crippen molar-refractivity contribution in [1.82, 2.24) is 9.97 Å². The Morgan fingerprint density at radius 3 is 1.80 bits per heavy atom. The standard InChI is InChI=1S/C23H18N2/c1-17-24-14-13-23(25-17)22-12-6-11-21(16-22)20-10-5-9-19(15-20)18-7-3-2-4-8-18/h2-16H,1H3. The lowest BCUT2D eigenvalue weighted by Crippen LogP contribution is -1.90. The van der Waals surface area contributed by atoms with Crippen molar-refractivity contribution in [1.29, 1.82) is 0 Å². The predicted molar refractivity (Wildman–Crippen MR) is 103 cm³/mol. The molecule has 0 bridgehead atoms. The molecule has 120 valence electrons. The van der Waals surface area contributed by atoms with Gasteiger partial charge in [0.15, 0.2) is 0 Å². The SMILES string of the molecule is Cc1nccc(-c2cccc(-c3cccc(-c4ccccc4)c3)c2)n1. The van der Waals surface area contributed by atoms with Crippen molar-refractivity contribution >= 4 is 0 Å². The van der Waals surface area contributed by atoms with E-state index in [1.165, 1.54) is 22.3 Å².